The zero-order chi connectivity index (χ0) is 12.3. The van der Waals surface area contributed by atoms with E-state index in [1.165, 1.54) is 0 Å². The molecule has 5 heteroatoms. The first kappa shape index (κ1) is 12.8. The van der Waals surface area contributed by atoms with Crippen LogP contribution in [0.1, 0.15) is 19.5 Å². The standard InChI is InChI=1S/C11H23N5/c1-6-16-11(10(12)9(3)14-16)13-8(2)7-15(4)5/h8,13H,6-7,12H2,1-5H3. The van der Waals surface area contributed by atoms with E-state index >= 15 is 0 Å². The Morgan fingerprint density at radius 2 is 2.12 bits per heavy atom. The van der Waals surface area contributed by atoms with Gasteiger partial charge in [-0.05, 0) is 34.9 Å². The van der Waals surface area contributed by atoms with Crippen molar-refractivity contribution in [3.63, 3.8) is 0 Å². The van der Waals surface area contributed by atoms with E-state index in [-0.39, 0.29) is 0 Å². The van der Waals surface area contributed by atoms with Crippen LogP contribution < -0.4 is 11.1 Å². The van der Waals surface area contributed by atoms with Crippen molar-refractivity contribution in [3.8, 4) is 0 Å². The maximum atomic E-state index is 6.00. The fourth-order valence-electron chi connectivity index (χ4n) is 1.80. The number of nitrogens with zero attached hydrogens (tertiary/aromatic N) is 3. The van der Waals surface area contributed by atoms with Crippen molar-refractivity contribution in [2.45, 2.75) is 33.4 Å². The van der Waals surface area contributed by atoms with E-state index in [1.54, 1.807) is 0 Å². The van der Waals surface area contributed by atoms with Crippen LogP contribution in [0.4, 0.5) is 11.5 Å². The minimum atomic E-state index is 0.346. The van der Waals surface area contributed by atoms with Crippen molar-refractivity contribution in [1.29, 1.82) is 0 Å². The molecule has 1 aromatic heterocycles. The number of aromatic nitrogens is 2. The van der Waals surface area contributed by atoms with Crippen molar-refractivity contribution in [3.05, 3.63) is 5.69 Å². The highest BCUT2D eigenvalue weighted by atomic mass is 15.3. The summed E-state index contributed by atoms with van der Waals surface area (Å²) in [5.74, 6) is 0.939. The van der Waals surface area contributed by atoms with Gasteiger partial charge in [-0.25, -0.2) is 4.68 Å². The summed E-state index contributed by atoms with van der Waals surface area (Å²) >= 11 is 0. The molecule has 0 aliphatic carbocycles. The van der Waals surface area contributed by atoms with E-state index in [0.717, 1.165) is 30.3 Å². The van der Waals surface area contributed by atoms with Gasteiger partial charge in [0, 0.05) is 19.1 Å². The molecule has 16 heavy (non-hydrogen) atoms. The average Bonchev–Trinajstić information content (AvgIpc) is 2.44. The van der Waals surface area contributed by atoms with Gasteiger partial charge in [-0.1, -0.05) is 0 Å². The zero-order valence-electron chi connectivity index (χ0n) is 10.9. The van der Waals surface area contributed by atoms with E-state index in [4.69, 9.17) is 5.73 Å². The van der Waals surface area contributed by atoms with Gasteiger partial charge in [0.2, 0.25) is 0 Å². The van der Waals surface area contributed by atoms with Gasteiger partial charge in [0.1, 0.15) is 5.82 Å². The molecule has 0 bridgehead atoms. The van der Waals surface area contributed by atoms with Crippen LogP contribution in [0.5, 0.6) is 0 Å². The number of aryl methyl sites for hydroxylation is 2. The second-order valence-corrected chi connectivity index (χ2v) is 4.47. The van der Waals surface area contributed by atoms with Crippen LogP contribution >= 0.6 is 0 Å². The topological polar surface area (TPSA) is 59.1 Å². The summed E-state index contributed by atoms with van der Waals surface area (Å²) in [6.45, 7) is 7.93. The Labute approximate surface area is 97.6 Å². The number of anilines is 2. The third kappa shape index (κ3) is 2.88. The number of likely N-dealkylation sites (N-methyl/N-ethyl adjacent to an activating group) is 1. The van der Waals surface area contributed by atoms with Gasteiger partial charge in [-0.2, -0.15) is 5.10 Å². The molecule has 1 unspecified atom stereocenters. The van der Waals surface area contributed by atoms with Crippen LogP contribution in [0.2, 0.25) is 0 Å². The van der Waals surface area contributed by atoms with Crippen molar-refractivity contribution in [2.75, 3.05) is 31.7 Å². The molecule has 0 saturated heterocycles. The van der Waals surface area contributed by atoms with Gasteiger partial charge in [0.25, 0.3) is 0 Å². The average molecular weight is 225 g/mol. The van der Waals surface area contributed by atoms with Crippen molar-refractivity contribution in [2.24, 2.45) is 0 Å². The van der Waals surface area contributed by atoms with Crippen LogP contribution in [0.15, 0.2) is 0 Å². The van der Waals surface area contributed by atoms with Crippen molar-refractivity contribution < 1.29 is 0 Å². The van der Waals surface area contributed by atoms with Crippen molar-refractivity contribution in [1.82, 2.24) is 14.7 Å². The molecule has 0 aliphatic heterocycles. The summed E-state index contributed by atoms with van der Waals surface area (Å²) in [7, 11) is 4.12. The predicted molar refractivity (Wildman–Crippen MR) is 68.7 cm³/mol. The molecule has 0 amide bonds. The molecule has 0 aliphatic rings. The van der Waals surface area contributed by atoms with Gasteiger partial charge in [-0.3, -0.25) is 0 Å². The highest BCUT2D eigenvalue weighted by Gasteiger charge is 2.13. The first-order valence-corrected chi connectivity index (χ1v) is 5.69. The van der Waals surface area contributed by atoms with Crippen LogP contribution in [-0.2, 0) is 6.54 Å². The summed E-state index contributed by atoms with van der Waals surface area (Å²) < 4.78 is 1.91. The quantitative estimate of drug-likeness (QED) is 0.789. The second kappa shape index (κ2) is 5.21. The molecule has 0 radical (unpaired) electrons. The molecule has 1 aromatic rings. The van der Waals surface area contributed by atoms with Gasteiger partial charge in [0.15, 0.2) is 0 Å². The van der Waals surface area contributed by atoms with E-state index in [0.29, 0.717) is 6.04 Å². The lowest BCUT2D eigenvalue weighted by molar-refractivity contribution is 0.391. The molecule has 0 fully saturated rings. The molecular formula is C11H23N5. The van der Waals surface area contributed by atoms with Crippen LogP contribution in [-0.4, -0.2) is 41.4 Å². The van der Waals surface area contributed by atoms with E-state index in [1.807, 2.05) is 11.6 Å². The third-order valence-corrected chi connectivity index (χ3v) is 2.50. The fourth-order valence-corrected chi connectivity index (χ4v) is 1.80. The van der Waals surface area contributed by atoms with E-state index in [2.05, 4.69) is 43.3 Å². The normalized spacial score (nSPS) is 13.1. The number of rotatable bonds is 5. The Morgan fingerprint density at radius 3 is 2.62 bits per heavy atom. The minimum Gasteiger partial charge on any atom is -0.394 e. The SMILES string of the molecule is CCn1nc(C)c(N)c1NC(C)CN(C)C. The Kier molecular flexibility index (Phi) is 4.18. The number of hydrogen-bond donors (Lipinski definition) is 2. The largest absolute Gasteiger partial charge is 0.394 e. The lowest BCUT2D eigenvalue weighted by Crippen LogP contribution is -2.30. The molecule has 92 valence electrons. The third-order valence-electron chi connectivity index (χ3n) is 2.50. The second-order valence-electron chi connectivity index (χ2n) is 4.47. The van der Waals surface area contributed by atoms with E-state index < -0.39 is 0 Å². The zero-order valence-corrected chi connectivity index (χ0v) is 10.9. The Balaban J connectivity index is 2.79. The number of nitrogens with two attached hydrogens (primary N) is 1. The van der Waals surface area contributed by atoms with Crippen molar-refractivity contribution >= 4 is 11.5 Å². The van der Waals surface area contributed by atoms with Crippen LogP contribution in [0.25, 0.3) is 0 Å². The molecule has 0 spiro atoms. The van der Waals surface area contributed by atoms with Crippen LogP contribution in [0.3, 0.4) is 0 Å². The molecular weight excluding hydrogens is 202 g/mol. The summed E-state index contributed by atoms with van der Waals surface area (Å²) in [6, 6.07) is 0.346. The number of hydrogen-bond acceptors (Lipinski definition) is 4. The van der Waals surface area contributed by atoms with Gasteiger partial charge < -0.3 is 16.0 Å². The Morgan fingerprint density at radius 1 is 1.50 bits per heavy atom. The first-order valence-electron chi connectivity index (χ1n) is 5.69. The summed E-state index contributed by atoms with van der Waals surface area (Å²) in [4.78, 5) is 2.15. The monoisotopic (exact) mass is 225 g/mol. The maximum Gasteiger partial charge on any atom is 0.148 e. The summed E-state index contributed by atoms with van der Waals surface area (Å²) in [5.41, 5.74) is 7.65. The van der Waals surface area contributed by atoms with Crippen LogP contribution in [0, 0.1) is 6.92 Å². The lowest BCUT2D eigenvalue weighted by Gasteiger charge is -2.20. The first-order chi connectivity index (χ1) is 7.45. The predicted octanol–water partition coefficient (Wildman–Crippen LogP) is 1.16. The Bertz CT molecular complexity index is 342. The molecule has 0 aromatic carbocycles. The highest BCUT2D eigenvalue weighted by Crippen LogP contribution is 2.22. The molecule has 3 N–H and O–H groups in total. The summed E-state index contributed by atoms with van der Waals surface area (Å²) in [6.07, 6.45) is 0. The summed E-state index contributed by atoms with van der Waals surface area (Å²) in [5, 5.41) is 7.79. The maximum absolute atomic E-state index is 6.00. The smallest absolute Gasteiger partial charge is 0.148 e. The van der Waals surface area contributed by atoms with Gasteiger partial charge >= 0.3 is 0 Å². The molecule has 1 atom stereocenters. The molecule has 0 saturated carbocycles. The lowest BCUT2D eigenvalue weighted by atomic mass is 10.3. The van der Waals surface area contributed by atoms with Gasteiger partial charge in [-0.15, -0.1) is 0 Å². The van der Waals surface area contributed by atoms with E-state index in [9.17, 15) is 0 Å². The molecule has 5 nitrogen and oxygen atoms in total. The highest BCUT2D eigenvalue weighted by molar-refractivity contribution is 5.65. The van der Waals surface area contributed by atoms with Gasteiger partial charge in [0.05, 0.1) is 11.4 Å². The molecule has 1 rings (SSSR count). The fraction of sp³-hybridized carbons (Fsp3) is 0.727. The number of nitrogens with one attached hydrogen (secondary N) is 1. The molecule has 1 heterocycles. The minimum absolute atomic E-state index is 0.346. The number of nitrogen functional groups attached to an aromatic ring is 1. The Hall–Kier alpha value is -1.23.